The summed E-state index contributed by atoms with van der Waals surface area (Å²) in [6.45, 7) is 5.21. The van der Waals surface area contributed by atoms with Gasteiger partial charge in [0.25, 0.3) is 10.0 Å². The van der Waals surface area contributed by atoms with Crippen molar-refractivity contribution in [2.24, 2.45) is 0 Å². The van der Waals surface area contributed by atoms with Crippen molar-refractivity contribution in [1.29, 1.82) is 0 Å². The number of benzene rings is 4. The van der Waals surface area contributed by atoms with Gasteiger partial charge in [-0.15, -0.1) is 0 Å². The Morgan fingerprint density at radius 2 is 1.40 bits per heavy atom. The third kappa shape index (κ3) is 9.38. The van der Waals surface area contributed by atoms with Crippen molar-refractivity contribution in [3.8, 4) is 5.75 Å². The van der Waals surface area contributed by atoms with Gasteiger partial charge in [0.2, 0.25) is 11.8 Å². The molecule has 1 N–H and O–H groups in total. The number of ether oxygens (including phenoxy) is 1. The van der Waals surface area contributed by atoms with E-state index in [-0.39, 0.29) is 29.6 Å². The minimum atomic E-state index is -4.40. The molecule has 2 amide bonds. The maximum absolute atomic E-state index is 14.5. The van der Waals surface area contributed by atoms with E-state index in [0.717, 1.165) is 34.1 Å². The maximum Gasteiger partial charge on any atom is 0.264 e. The lowest BCUT2D eigenvalue weighted by Crippen LogP contribution is -2.54. The van der Waals surface area contributed by atoms with E-state index < -0.39 is 46.1 Å². The van der Waals surface area contributed by atoms with E-state index in [2.05, 4.69) is 5.32 Å². The highest BCUT2D eigenvalue weighted by atomic mass is 32.2. The molecule has 0 aliphatic carbocycles. The second-order valence-corrected chi connectivity index (χ2v) is 12.9. The van der Waals surface area contributed by atoms with E-state index in [1.807, 2.05) is 51.1 Å². The minimum absolute atomic E-state index is 0.0990. The van der Waals surface area contributed by atoms with Crippen LogP contribution in [0.4, 0.5) is 14.5 Å². The summed E-state index contributed by atoms with van der Waals surface area (Å²) in [5.41, 5.74) is 1.50. The van der Waals surface area contributed by atoms with Gasteiger partial charge in [-0.2, -0.15) is 0 Å². The molecule has 2 atom stereocenters. The van der Waals surface area contributed by atoms with Gasteiger partial charge >= 0.3 is 0 Å². The van der Waals surface area contributed by atoms with Gasteiger partial charge in [-0.1, -0.05) is 49.4 Å². The minimum Gasteiger partial charge on any atom is -0.494 e. The number of halogens is 2. The molecular formula is C36H39F2N3O5S. The summed E-state index contributed by atoms with van der Waals surface area (Å²) >= 11 is 0. The van der Waals surface area contributed by atoms with Crippen molar-refractivity contribution in [1.82, 2.24) is 10.2 Å². The number of hydrogen-bond acceptors (Lipinski definition) is 5. The standard InChI is InChI=1S/C36H39F2N3O5S/c1-4-26(3)39-36(43)34(23-27-9-7-6-8-10-27)40(24-28-11-13-29(37)14-12-28)35(42)25-41(31-17-19-32(20-18-31)46-5-2)47(44,45)33-21-15-30(38)16-22-33/h6-22,26,34H,4-5,23-25H2,1-3H3,(H,39,43)/t26-,34-/m1/s1. The summed E-state index contributed by atoms with van der Waals surface area (Å²) in [6.07, 6.45) is 0.793. The molecule has 4 aromatic rings. The molecule has 11 heteroatoms. The van der Waals surface area contributed by atoms with Crippen molar-refractivity contribution in [2.45, 2.75) is 57.1 Å². The number of nitrogens with one attached hydrogen (secondary N) is 1. The first-order valence-electron chi connectivity index (χ1n) is 15.4. The highest BCUT2D eigenvalue weighted by molar-refractivity contribution is 7.92. The van der Waals surface area contributed by atoms with Crippen molar-refractivity contribution in [3.63, 3.8) is 0 Å². The highest BCUT2D eigenvalue weighted by Crippen LogP contribution is 2.27. The Balaban J connectivity index is 1.80. The molecule has 0 aliphatic heterocycles. The third-order valence-electron chi connectivity index (χ3n) is 7.65. The summed E-state index contributed by atoms with van der Waals surface area (Å²) < 4.78 is 62.2. The van der Waals surface area contributed by atoms with Crippen LogP contribution >= 0.6 is 0 Å². The molecule has 0 saturated carbocycles. The number of carbonyl (C=O) groups excluding carboxylic acids is 2. The summed E-state index contributed by atoms with van der Waals surface area (Å²) in [6, 6.07) is 24.0. The average Bonchev–Trinajstić information content (AvgIpc) is 3.07. The first-order chi connectivity index (χ1) is 22.5. The topological polar surface area (TPSA) is 96.0 Å². The lowest BCUT2D eigenvalue weighted by Gasteiger charge is -2.34. The van der Waals surface area contributed by atoms with Crippen molar-refractivity contribution in [2.75, 3.05) is 17.5 Å². The molecule has 0 spiro atoms. The highest BCUT2D eigenvalue weighted by Gasteiger charge is 2.35. The van der Waals surface area contributed by atoms with Gasteiger partial charge < -0.3 is 15.0 Å². The van der Waals surface area contributed by atoms with Gasteiger partial charge in [-0.05, 0) is 92.1 Å². The van der Waals surface area contributed by atoms with Gasteiger partial charge in [0.15, 0.2) is 0 Å². The molecule has 0 fully saturated rings. The molecule has 4 rings (SSSR count). The van der Waals surface area contributed by atoms with Gasteiger partial charge in [0, 0.05) is 19.0 Å². The zero-order valence-corrected chi connectivity index (χ0v) is 27.4. The van der Waals surface area contributed by atoms with E-state index in [1.54, 1.807) is 12.1 Å². The Morgan fingerprint density at radius 3 is 1.98 bits per heavy atom. The Morgan fingerprint density at radius 1 is 0.809 bits per heavy atom. The van der Waals surface area contributed by atoms with E-state index in [4.69, 9.17) is 4.74 Å². The molecule has 0 saturated heterocycles. The average molecular weight is 664 g/mol. The predicted molar refractivity (Wildman–Crippen MR) is 177 cm³/mol. The smallest absolute Gasteiger partial charge is 0.264 e. The first-order valence-corrected chi connectivity index (χ1v) is 16.8. The van der Waals surface area contributed by atoms with Crippen molar-refractivity contribution in [3.05, 3.63) is 126 Å². The van der Waals surface area contributed by atoms with Crippen LogP contribution in [0.3, 0.4) is 0 Å². The fourth-order valence-electron chi connectivity index (χ4n) is 4.92. The molecule has 0 aliphatic rings. The molecule has 0 radical (unpaired) electrons. The van der Waals surface area contributed by atoms with Crippen molar-refractivity contribution < 1.29 is 31.5 Å². The Kier molecular flexibility index (Phi) is 12.1. The molecule has 0 heterocycles. The molecule has 248 valence electrons. The van der Waals surface area contributed by atoms with Crippen LogP contribution < -0.4 is 14.4 Å². The molecule has 4 aromatic carbocycles. The van der Waals surface area contributed by atoms with Crippen LogP contribution in [0.1, 0.15) is 38.3 Å². The normalized spacial score (nSPS) is 12.5. The van der Waals surface area contributed by atoms with Gasteiger partial charge in [0.05, 0.1) is 17.2 Å². The van der Waals surface area contributed by atoms with Crippen LogP contribution in [0.25, 0.3) is 0 Å². The summed E-state index contributed by atoms with van der Waals surface area (Å²) in [5, 5.41) is 2.97. The number of carbonyl (C=O) groups is 2. The van der Waals surface area contributed by atoms with Crippen molar-refractivity contribution >= 4 is 27.5 Å². The van der Waals surface area contributed by atoms with E-state index >= 15 is 0 Å². The molecule has 8 nitrogen and oxygen atoms in total. The molecule has 0 bridgehead atoms. The van der Waals surface area contributed by atoms with Crippen LogP contribution in [0.5, 0.6) is 5.75 Å². The number of rotatable bonds is 15. The Labute approximate surface area is 275 Å². The number of nitrogens with zero attached hydrogens (tertiary/aromatic N) is 2. The van der Waals surface area contributed by atoms with Crippen LogP contribution in [-0.4, -0.2) is 50.4 Å². The van der Waals surface area contributed by atoms with E-state index in [9.17, 15) is 26.8 Å². The number of amides is 2. The number of anilines is 1. The van der Waals surface area contributed by atoms with E-state index in [1.165, 1.54) is 41.3 Å². The second-order valence-electron chi connectivity index (χ2n) is 11.1. The molecule has 47 heavy (non-hydrogen) atoms. The second kappa shape index (κ2) is 16.2. The Hall–Kier alpha value is -4.77. The van der Waals surface area contributed by atoms with Gasteiger partial charge in [0.1, 0.15) is 30.0 Å². The summed E-state index contributed by atoms with van der Waals surface area (Å²) in [4.78, 5) is 29.4. The van der Waals surface area contributed by atoms with Crippen LogP contribution in [0.15, 0.2) is 108 Å². The number of hydrogen-bond donors (Lipinski definition) is 1. The lowest BCUT2D eigenvalue weighted by molar-refractivity contribution is -0.140. The Bertz CT molecular complexity index is 1720. The van der Waals surface area contributed by atoms with Gasteiger partial charge in [-0.3, -0.25) is 13.9 Å². The third-order valence-corrected chi connectivity index (χ3v) is 9.44. The number of sulfonamides is 1. The zero-order chi connectivity index (χ0) is 34.0. The van der Waals surface area contributed by atoms with Crippen LogP contribution in [-0.2, 0) is 32.6 Å². The maximum atomic E-state index is 14.5. The molecule has 0 unspecified atom stereocenters. The molecular weight excluding hydrogens is 624 g/mol. The van der Waals surface area contributed by atoms with E-state index in [0.29, 0.717) is 24.3 Å². The monoisotopic (exact) mass is 663 g/mol. The summed E-state index contributed by atoms with van der Waals surface area (Å²) in [5.74, 6) is -1.66. The first kappa shape index (κ1) is 35.1. The largest absolute Gasteiger partial charge is 0.494 e. The van der Waals surface area contributed by atoms with Crippen LogP contribution in [0, 0.1) is 11.6 Å². The zero-order valence-electron chi connectivity index (χ0n) is 26.6. The quantitative estimate of drug-likeness (QED) is 0.166. The SMILES string of the molecule is CCOc1ccc(N(CC(=O)N(Cc2ccc(F)cc2)[C@H](Cc2ccccc2)C(=O)N[C@H](C)CC)S(=O)(=O)c2ccc(F)cc2)cc1. The summed E-state index contributed by atoms with van der Waals surface area (Å²) in [7, 11) is -4.40. The lowest BCUT2D eigenvalue weighted by atomic mass is 10.0. The molecule has 0 aromatic heterocycles. The fourth-order valence-corrected chi connectivity index (χ4v) is 6.33. The van der Waals surface area contributed by atoms with Gasteiger partial charge in [-0.25, -0.2) is 17.2 Å². The fraction of sp³-hybridized carbons (Fsp3) is 0.278. The predicted octanol–water partition coefficient (Wildman–Crippen LogP) is 6.11. The van der Waals surface area contributed by atoms with Crippen LogP contribution in [0.2, 0.25) is 0 Å².